The molecule has 1 N–H and O–H groups in total. The van der Waals surface area contributed by atoms with Crippen LogP contribution >= 0.6 is 11.6 Å². The van der Waals surface area contributed by atoms with Crippen molar-refractivity contribution in [3.8, 4) is 11.5 Å². The zero-order valence-electron chi connectivity index (χ0n) is 11.8. The van der Waals surface area contributed by atoms with Crippen LogP contribution in [0.4, 0.5) is 0 Å². The summed E-state index contributed by atoms with van der Waals surface area (Å²) in [5.74, 6) is 2.14. The molecule has 4 heteroatoms. The summed E-state index contributed by atoms with van der Waals surface area (Å²) in [6, 6.07) is 5.90. The molecule has 0 saturated heterocycles. The van der Waals surface area contributed by atoms with Crippen LogP contribution in [0.5, 0.6) is 11.5 Å². The molecule has 19 heavy (non-hydrogen) atoms. The average Bonchev–Trinajstić information content (AvgIpc) is 2.39. The van der Waals surface area contributed by atoms with Gasteiger partial charge in [-0.05, 0) is 24.6 Å². The lowest BCUT2D eigenvalue weighted by Gasteiger charge is -2.15. The number of benzene rings is 1. The number of methoxy groups -OCH3 is 1. The van der Waals surface area contributed by atoms with E-state index >= 15 is 0 Å². The van der Waals surface area contributed by atoms with Crippen LogP contribution in [0.25, 0.3) is 0 Å². The number of hydrogen-bond acceptors (Lipinski definition) is 3. The molecule has 1 rings (SSSR count). The van der Waals surface area contributed by atoms with Crippen molar-refractivity contribution in [1.82, 2.24) is 5.32 Å². The first-order valence-electron chi connectivity index (χ1n) is 6.43. The summed E-state index contributed by atoms with van der Waals surface area (Å²) in [5, 5.41) is 3.40. The van der Waals surface area contributed by atoms with Crippen LogP contribution in [-0.2, 0) is 6.54 Å². The molecule has 0 atom stereocenters. The highest BCUT2D eigenvalue weighted by molar-refractivity contribution is 6.25. The molecule has 106 valence electrons. The van der Waals surface area contributed by atoms with E-state index in [0.717, 1.165) is 30.2 Å². The summed E-state index contributed by atoms with van der Waals surface area (Å²) in [5.41, 5.74) is 2.54. The molecule has 0 bridgehead atoms. The molecule has 0 spiro atoms. The number of hydrogen-bond donors (Lipinski definition) is 1. The lowest BCUT2D eigenvalue weighted by atomic mass is 10.1. The minimum absolute atomic E-state index is 0.432. The van der Waals surface area contributed by atoms with Gasteiger partial charge in [-0.15, -0.1) is 0 Å². The SMILES string of the molecule is COc1cccc(CNCC(C)C)c1OCC=CCl. The van der Waals surface area contributed by atoms with E-state index in [4.69, 9.17) is 21.1 Å². The molecule has 0 unspecified atom stereocenters. The molecule has 0 fully saturated rings. The molecule has 1 aromatic rings. The first-order valence-corrected chi connectivity index (χ1v) is 6.87. The number of nitrogens with one attached hydrogen (secondary N) is 1. The largest absolute Gasteiger partial charge is 0.493 e. The number of para-hydroxylation sites is 1. The maximum Gasteiger partial charge on any atom is 0.166 e. The highest BCUT2D eigenvalue weighted by Gasteiger charge is 2.09. The summed E-state index contributed by atoms with van der Waals surface area (Å²) >= 11 is 5.50. The van der Waals surface area contributed by atoms with Gasteiger partial charge in [-0.1, -0.05) is 37.6 Å². The van der Waals surface area contributed by atoms with Crippen molar-refractivity contribution in [3.63, 3.8) is 0 Å². The van der Waals surface area contributed by atoms with Gasteiger partial charge in [0.2, 0.25) is 0 Å². The topological polar surface area (TPSA) is 30.5 Å². The first kappa shape index (κ1) is 15.9. The molecule has 0 aliphatic carbocycles. The second-order valence-corrected chi connectivity index (χ2v) is 4.90. The minimum atomic E-state index is 0.432. The molecular formula is C15H22ClNO2. The smallest absolute Gasteiger partial charge is 0.166 e. The third-order valence-electron chi connectivity index (χ3n) is 2.56. The zero-order chi connectivity index (χ0) is 14.1. The van der Waals surface area contributed by atoms with Gasteiger partial charge in [0.1, 0.15) is 6.61 Å². The maximum atomic E-state index is 5.72. The Hall–Kier alpha value is -1.19. The van der Waals surface area contributed by atoms with E-state index in [2.05, 4.69) is 19.2 Å². The number of halogens is 1. The van der Waals surface area contributed by atoms with Crippen molar-refractivity contribution in [1.29, 1.82) is 0 Å². The molecule has 0 aliphatic rings. The normalized spacial score (nSPS) is 11.2. The van der Waals surface area contributed by atoms with E-state index in [-0.39, 0.29) is 0 Å². The zero-order valence-corrected chi connectivity index (χ0v) is 12.5. The predicted molar refractivity (Wildman–Crippen MR) is 80.0 cm³/mol. The van der Waals surface area contributed by atoms with Gasteiger partial charge in [0, 0.05) is 17.6 Å². The van der Waals surface area contributed by atoms with Gasteiger partial charge in [0.25, 0.3) is 0 Å². The Morgan fingerprint density at radius 1 is 1.37 bits per heavy atom. The van der Waals surface area contributed by atoms with Gasteiger partial charge in [-0.3, -0.25) is 0 Å². The summed E-state index contributed by atoms with van der Waals surface area (Å²) in [6.07, 6.45) is 1.75. The number of rotatable bonds is 8. The van der Waals surface area contributed by atoms with E-state index < -0.39 is 0 Å². The minimum Gasteiger partial charge on any atom is -0.493 e. The van der Waals surface area contributed by atoms with Crippen molar-refractivity contribution in [3.05, 3.63) is 35.4 Å². The molecule has 0 radical (unpaired) electrons. The van der Waals surface area contributed by atoms with Crippen LogP contribution < -0.4 is 14.8 Å². The summed E-state index contributed by atoms with van der Waals surface area (Å²) in [4.78, 5) is 0. The Labute approximate surface area is 120 Å². The highest BCUT2D eigenvalue weighted by atomic mass is 35.5. The Morgan fingerprint density at radius 3 is 2.79 bits per heavy atom. The van der Waals surface area contributed by atoms with Crippen LogP contribution in [0.15, 0.2) is 29.8 Å². The van der Waals surface area contributed by atoms with Crippen LogP contribution in [0, 0.1) is 5.92 Å². The van der Waals surface area contributed by atoms with Gasteiger partial charge in [-0.2, -0.15) is 0 Å². The lowest BCUT2D eigenvalue weighted by Crippen LogP contribution is -2.19. The van der Waals surface area contributed by atoms with E-state index in [1.807, 2.05) is 18.2 Å². The second kappa shape index (κ2) is 8.83. The van der Waals surface area contributed by atoms with Gasteiger partial charge >= 0.3 is 0 Å². The number of ether oxygens (including phenoxy) is 2. The van der Waals surface area contributed by atoms with E-state index in [1.54, 1.807) is 13.2 Å². The summed E-state index contributed by atoms with van der Waals surface area (Å²) in [7, 11) is 1.64. The van der Waals surface area contributed by atoms with Crippen LogP contribution in [0.1, 0.15) is 19.4 Å². The lowest BCUT2D eigenvalue weighted by molar-refractivity contribution is 0.322. The summed E-state index contributed by atoms with van der Waals surface area (Å²) in [6.45, 7) is 6.52. The molecule has 0 aromatic heterocycles. The van der Waals surface area contributed by atoms with Crippen LogP contribution in [0.2, 0.25) is 0 Å². The molecule has 1 aromatic carbocycles. The highest BCUT2D eigenvalue weighted by Crippen LogP contribution is 2.31. The second-order valence-electron chi connectivity index (χ2n) is 4.65. The van der Waals surface area contributed by atoms with Crippen molar-refractivity contribution >= 4 is 11.6 Å². The van der Waals surface area contributed by atoms with Gasteiger partial charge in [0.05, 0.1) is 7.11 Å². The molecule has 0 amide bonds. The van der Waals surface area contributed by atoms with Crippen LogP contribution in [-0.4, -0.2) is 20.3 Å². The fraction of sp³-hybridized carbons (Fsp3) is 0.467. The van der Waals surface area contributed by atoms with Gasteiger partial charge in [0.15, 0.2) is 11.5 Å². The third-order valence-corrected chi connectivity index (χ3v) is 2.74. The molecule has 0 heterocycles. The maximum absolute atomic E-state index is 5.72. The van der Waals surface area contributed by atoms with Crippen molar-refractivity contribution in [2.45, 2.75) is 20.4 Å². The van der Waals surface area contributed by atoms with Crippen molar-refractivity contribution in [2.24, 2.45) is 5.92 Å². The molecule has 3 nitrogen and oxygen atoms in total. The molecular weight excluding hydrogens is 262 g/mol. The fourth-order valence-electron chi connectivity index (χ4n) is 1.69. The van der Waals surface area contributed by atoms with E-state index in [1.165, 1.54) is 5.54 Å². The Kier molecular flexibility index (Phi) is 7.38. The monoisotopic (exact) mass is 283 g/mol. The molecule has 0 saturated carbocycles. The molecule has 0 aliphatic heterocycles. The Balaban J connectivity index is 2.76. The Morgan fingerprint density at radius 2 is 2.16 bits per heavy atom. The van der Waals surface area contributed by atoms with Gasteiger partial charge in [-0.25, -0.2) is 0 Å². The van der Waals surface area contributed by atoms with E-state index in [9.17, 15) is 0 Å². The first-order chi connectivity index (χ1) is 9.19. The fourth-order valence-corrected chi connectivity index (χ4v) is 1.76. The average molecular weight is 284 g/mol. The summed E-state index contributed by atoms with van der Waals surface area (Å²) < 4.78 is 11.1. The van der Waals surface area contributed by atoms with Gasteiger partial charge < -0.3 is 14.8 Å². The van der Waals surface area contributed by atoms with Crippen LogP contribution in [0.3, 0.4) is 0 Å². The van der Waals surface area contributed by atoms with Crippen molar-refractivity contribution in [2.75, 3.05) is 20.3 Å². The standard InChI is InChI=1S/C15H22ClNO2/c1-12(2)10-17-11-13-6-4-7-14(18-3)15(13)19-9-5-8-16/h4-8,12,17H,9-11H2,1-3H3. The van der Waals surface area contributed by atoms with Crippen molar-refractivity contribution < 1.29 is 9.47 Å². The quantitative estimate of drug-likeness (QED) is 0.791. The third kappa shape index (κ3) is 5.53. The predicted octanol–water partition coefficient (Wildman–Crippen LogP) is 3.57. The Bertz CT molecular complexity index is 405. The van der Waals surface area contributed by atoms with E-state index in [0.29, 0.717) is 12.5 Å².